The Morgan fingerprint density at radius 2 is 2.07 bits per heavy atom. The molecule has 0 saturated heterocycles. The number of thiophene rings is 1. The summed E-state index contributed by atoms with van der Waals surface area (Å²) in [6, 6.07) is 7.32. The highest BCUT2D eigenvalue weighted by molar-refractivity contribution is 9.10. The monoisotopic (exact) mass is 493 g/mol. The maximum atomic E-state index is 12.7. The van der Waals surface area contributed by atoms with Gasteiger partial charge < -0.3 is 14.8 Å². The highest BCUT2D eigenvalue weighted by Crippen LogP contribution is 2.44. The number of ether oxygens (including phenoxy) is 2. The molecule has 1 aromatic carbocycles. The molecule has 30 heavy (non-hydrogen) atoms. The van der Waals surface area contributed by atoms with Crippen LogP contribution in [0.25, 0.3) is 0 Å². The lowest BCUT2D eigenvalue weighted by Crippen LogP contribution is -2.26. The second-order valence-corrected chi connectivity index (χ2v) is 10.5. The van der Waals surface area contributed by atoms with Gasteiger partial charge in [0.2, 0.25) is 0 Å². The van der Waals surface area contributed by atoms with Crippen LogP contribution >= 0.6 is 27.3 Å². The van der Waals surface area contributed by atoms with Crippen LogP contribution < -0.4 is 10.1 Å². The molecule has 1 aliphatic rings. The highest BCUT2D eigenvalue weighted by atomic mass is 79.9. The van der Waals surface area contributed by atoms with Gasteiger partial charge in [0.25, 0.3) is 5.91 Å². The zero-order valence-electron chi connectivity index (χ0n) is 17.8. The molecule has 1 atom stereocenters. The molecule has 0 fully saturated rings. The number of rotatable bonds is 6. The number of hydrogen-bond donors (Lipinski definition) is 1. The molecule has 1 aromatic heterocycles. The van der Waals surface area contributed by atoms with Crippen molar-refractivity contribution in [2.45, 2.75) is 47.0 Å². The van der Waals surface area contributed by atoms with E-state index in [0.29, 0.717) is 28.8 Å². The van der Waals surface area contributed by atoms with Gasteiger partial charge in [-0.1, -0.05) is 42.8 Å². The smallest absolute Gasteiger partial charge is 0.341 e. The Balaban J connectivity index is 1.78. The van der Waals surface area contributed by atoms with Crippen molar-refractivity contribution in [1.82, 2.24) is 0 Å². The standard InChI is InChI=1S/C23H28BrNO4S/c1-5-28-22(27)20-17-10-9-14(23(2,3)4)11-18(17)30-21(20)25-19(26)13-29-16-8-6-7-15(24)12-16/h6-8,12,14H,5,9-11,13H2,1-4H3,(H,25,26). The number of esters is 1. The predicted octanol–water partition coefficient (Wildman–Crippen LogP) is 5.86. The number of amides is 1. The molecular formula is C23H28BrNO4S. The van der Waals surface area contributed by atoms with Crippen LogP contribution in [0.4, 0.5) is 5.00 Å². The maximum Gasteiger partial charge on any atom is 0.341 e. The number of hydrogen-bond acceptors (Lipinski definition) is 5. The Kier molecular flexibility index (Phi) is 7.24. The van der Waals surface area contributed by atoms with Crippen LogP contribution in [0.2, 0.25) is 0 Å². The quantitative estimate of drug-likeness (QED) is 0.512. The molecule has 1 unspecified atom stereocenters. The molecule has 1 N–H and O–H groups in total. The second-order valence-electron chi connectivity index (χ2n) is 8.53. The third-order valence-corrected chi connectivity index (χ3v) is 7.05. The number of halogens is 1. The topological polar surface area (TPSA) is 64.6 Å². The summed E-state index contributed by atoms with van der Waals surface area (Å²) in [6.45, 7) is 8.72. The van der Waals surface area contributed by atoms with E-state index in [2.05, 4.69) is 42.0 Å². The van der Waals surface area contributed by atoms with Gasteiger partial charge >= 0.3 is 5.97 Å². The lowest BCUT2D eigenvalue weighted by molar-refractivity contribution is -0.118. The molecule has 0 spiro atoms. The summed E-state index contributed by atoms with van der Waals surface area (Å²) in [6.07, 6.45) is 2.77. The van der Waals surface area contributed by atoms with Crippen molar-refractivity contribution in [2.75, 3.05) is 18.5 Å². The normalized spacial score (nSPS) is 16.0. The average Bonchev–Trinajstić information content (AvgIpc) is 3.03. The fourth-order valence-corrected chi connectivity index (χ4v) is 5.41. The van der Waals surface area contributed by atoms with E-state index in [1.165, 1.54) is 16.2 Å². The highest BCUT2D eigenvalue weighted by Gasteiger charge is 2.34. The number of carbonyl (C=O) groups is 2. The molecule has 1 aliphatic carbocycles. The second kappa shape index (κ2) is 9.52. The summed E-state index contributed by atoms with van der Waals surface area (Å²) in [4.78, 5) is 26.4. The van der Waals surface area contributed by atoms with Gasteiger partial charge in [0, 0.05) is 9.35 Å². The number of nitrogens with one attached hydrogen (secondary N) is 1. The van der Waals surface area contributed by atoms with Crippen molar-refractivity contribution in [1.29, 1.82) is 0 Å². The first-order valence-corrected chi connectivity index (χ1v) is 11.8. The first-order chi connectivity index (χ1) is 14.2. The van der Waals surface area contributed by atoms with E-state index in [1.54, 1.807) is 19.1 Å². The van der Waals surface area contributed by atoms with Crippen molar-refractivity contribution >= 4 is 44.1 Å². The third-order valence-electron chi connectivity index (χ3n) is 5.39. The Morgan fingerprint density at radius 1 is 1.30 bits per heavy atom. The number of anilines is 1. The maximum absolute atomic E-state index is 12.7. The molecule has 7 heteroatoms. The molecule has 1 heterocycles. The summed E-state index contributed by atoms with van der Waals surface area (Å²) in [5.41, 5.74) is 1.75. The predicted molar refractivity (Wildman–Crippen MR) is 124 cm³/mol. The minimum atomic E-state index is -0.368. The zero-order chi connectivity index (χ0) is 21.9. The van der Waals surface area contributed by atoms with Crippen LogP contribution in [0.5, 0.6) is 5.75 Å². The first-order valence-electron chi connectivity index (χ1n) is 10.2. The van der Waals surface area contributed by atoms with Gasteiger partial charge in [0.05, 0.1) is 12.2 Å². The average molecular weight is 494 g/mol. The van der Waals surface area contributed by atoms with Gasteiger partial charge in [-0.05, 0) is 61.3 Å². The van der Waals surface area contributed by atoms with Crippen LogP contribution in [-0.4, -0.2) is 25.1 Å². The van der Waals surface area contributed by atoms with Crippen molar-refractivity contribution < 1.29 is 19.1 Å². The molecule has 0 aliphatic heterocycles. The van der Waals surface area contributed by atoms with Gasteiger partial charge in [0.1, 0.15) is 10.8 Å². The number of carbonyl (C=O) groups excluding carboxylic acids is 2. The van der Waals surface area contributed by atoms with Crippen molar-refractivity contribution in [3.8, 4) is 5.75 Å². The fourth-order valence-electron chi connectivity index (χ4n) is 3.70. The number of fused-ring (bicyclic) bond motifs is 1. The molecule has 5 nitrogen and oxygen atoms in total. The minimum absolute atomic E-state index is 0.133. The largest absolute Gasteiger partial charge is 0.484 e. The number of benzene rings is 1. The van der Waals surface area contributed by atoms with Crippen LogP contribution in [0.15, 0.2) is 28.7 Å². The van der Waals surface area contributed by atoms with Crippen molar-refractivity contribution in [3.05, 3.63) is 44.7 Å². The van der Waals surface area contributed by atoms with Crippen LogP contribution in [-0.2, 0) is 22.4 Å². The van der Waals surface area contributed by atoms with Crippen LogP contribution in [0.3, 0.4) is 0 Å². The van der Waals surface area contributed by atoms with E-state index in [0.717, 1.165) is 29.3 Å². The molecule has 0 bridgehead atoms. The summed E-state index contributed by atoms with van der Waals surface area (Å²) < 4.78 is 11.7. The molecule has 162 valence electrons. The summed E-state index contributed by atoms with van der Waals surface area (Å²) in [5, 5.41) is 3.45. The van der Waals surface area contributed by atoms with E-state index >= 15 is 0 Å². The van der Waals surface area contributed by atoms with Crippen LogP contribution in [0, 0.1) is 11.3 Å². The Hall–Kier alpha value is -1.86. The molecule has 1 amide bonds. The van der Waals surface area contributed by atoms with Crippen molar-refractivity contribution in [2.24, 2.45) is 11.3 Å². The lowest BCUT2D eigenvalue weighted by atomic mass is 9.72. The molecule has 2 aromatic rings. The van der Waals surface area contributed by atoms with E-state index in [-0.39, 0.29) is 23.9 Å². The molecule has 0 radical (unpaired) electrons. The molecule has 0 saturated carbocycles. The summed E-state index contributed by atoms with van der Waals surface area (Å²) >= 11 is 4.88. The van der Waals surface area contributed by atoms with E-state index in [9.17, 15) is 9.59 Å². The zero-order valence-corrected chi connectivity index (χ0v) is 20.2. The van der Waals surface area contributed by atoms with Gasteiger partial charge in [-0.25, -0.2) is 4.79 Å². The van der Waals surface area contributed by atoms with Crippen molar-refractivity contribution in [3.63, 3.8) is 0 Å². The molecular weight excluding hydrogens is 466 g/mol. The SMILES string of the molecule is CCOC(=O)c1c(NC(=O)COc2cccc(Br)c2)sc2c1CCC(C(C)(C)C)C2. The van der Waals surface area contributed by atoms with Gasteiger partial charge in [-0.2, -0.15) is 0 Å². The fraction of sp³-hybridized carbons (Fsp3) is 0.478. The molecule has 3 rings (SSSR count). The summed E-state index contributed by atoms with van der Waals surface area (Å²) in [5.74, 6) is 0.477. The lowest BCUT2D eigenvalue weighted by Gasteiger charge is -2.33. The minimum Gasteiger partial charge on any atom is -0.484 e. The van der Waals surface area contributed by atoms with E-state index < -0.39 is 0 Å². The van der Waals surface area contributed by atoms with E-state index in [1.807, 2.05) is 12.1 Å². The third kappa shape index (κ3) is 5.43. The summed E-state index contributed by atoms with van der Waals surface area (Å²) in [7, 11) is 0. The first kappa shape index (κ1) is 22.8. The Bertz CT molecular complexity index is 932. The van der Waals surface area contributed by atoms with E-state index in [4.69, 9.17) is 9.47 Å². The van der Waals surface area contributed by atoms with Gasteiger partial charge in [-0.15, -0.1) is 11.3 Å². The van der Waals surface area contributed by atoms with Gasteiger partial charge in [0.15, 0.2) is 6.61 Å². The van der Waals surface area contributed by atoms with Crippen LogP contribution in [0.1, 0.15) is 54.9 Å². The van der Waals surface area contributed by atoms with Gasteiger partial charge in [-0.3, -0.25) is 4.79 Å². The Morgan fingerprint density at radius 3 is 2.73 bits per heavy atom. The Labute approximate surface area is 190 Å².